The van der Waals surface area contributed by atoms with Crippen molar-refractivity contribution in [2.24, 2.45) is 0 Å². The first-order chi connectivity index (χ1) is 9.95. The van der Waals surface area contributed by atoms with Crippen LogP contribution in [0.4, 0.5) is 11.4 Å². The van der Waals surface area contributed by atoms with Gasteiger partial charge in [0.05, 0.1) is 5.69 Å². The molecule has 2 aromatic rings. The molecule has 5 heteroatoms. The van der Waals surface area contributed by atoms with E-state index >= 15 is 0 Å². The van der Waals surface area contributed by atoms with Gasteiger partial charge >= 0.3 is 0 Å². The molecule has 1 aliphatic carbocycles. The van der Waals surface area contributed by atoms with Gasteiger partial charge in [-0.1, -0.05) is 12.1 Å². The van der Waals surface area contributed by atoms with Crippen LogP contribution < -0.4 is 10.5 Å². The molecule has 110 valence electrons. The molecule has 0 unspecified atom stereocenters. The van der Waals surface area contributed by atoms with Crippen molar-refractivity contribution in [1.82, 2.24) is 0 Å². The van der Waals surface area contributed by atoms with Gasteiger partial charge < -0.3 is 5.73 Å². The van der Waals surface area contributed by atoms with E-state index in [2.05, 4.69) is 4.72 Å². The third kappa shape index (κ3) is 2.74. The van der Waals surface area contributed by atoms with Gasteiger partial charge in [-0.15, -0.1) is 0 Å². The number of aryl methyl sites for hydroxylation is 3. The summed E-state index contributed by atoms with van der Waals surface area (Å²) in [5.74, 6) is 0. The van der Waals surface area contributed by atoms with E-state index in [1.54, 1.807) is 18.2 Å². The normalized spacial score (nSPS) is 14.0. The van der Waals surface area contributed by atoms with Gasteiger partial charge in [-0.3, -0.25) is 4.72 Å². The van der Waals surface area contributed by atoms with Gasteiger partial charge in [-0.2, -0.15) is 0 Å². The average Bonchev–Trinajstić information content (AvgIpc) is 2.85. The van der Waals surface area contributed by atoms with Crippen molar-refractivity contribution in [1.29, 1.82) is 0 Å². The first-order valence-electron chi connectivity index (χ1n) is 6.96. The first kappa shape index (κ1) is 13.9. The third-order valence-electron chi connectivity index (χ3n) is 3.81. The fourth-order valence-corrected chi connectivity index (χ4v) is 3.92. The van der Waals surface area contributed by atoms with Crippen LogP contribution in [-0.4, -0.2) is 8.42 Å². The Morgan fingerprint density at radius 2 is 1.81 bits per heavy atom. The Balaban J connectivity index is 1.92. The lowest BCUT2D eigenvalue weighted by Gasteiger charge is -2.11. The number of anilines is 2. The van der Waals surface area contributed by atoms with Crippen LogP contribution in [0.25, 0.3) is 0 Å². The van der Waals surface area contributed by atoms with Gasteiger partial charge in [0.15, 0.2) is 0 Å². The zero-order chi connectivity index (χ0) is 15.0. The highest BCUT2D eigenvalue weighted by molar-refractivity contribution is 7.92. The van der Waals surface area contributed by atoms with E-state index in [9.17, 15) is 8.42 Å². The van der Waals surface area contributed by atoms with E-state index in [-0.39, 0.29) is 10.6 Å². The van der Waals surface area contributed by atoms with Gasteiger partial charge in [0.2, 0.25) is 0 Å². The predicted molar refractivity (Wildman–Crippen MR) is 84.9 cm³/mol. The Morgan fingerprint density at radius 3 is 2.57 bits per heavy atom. The Hall–Kier alpha value is -2.01. The van der Waals surface area contributed by atoms with E-state index in [4.69, 9.17) is 5.73 Å². The minimum Gasteiger partial charge on any atom is -0.398 e. The summed E-state index contributed by atoms with van der Waals surface area (Å²) in [7, 11) is -3.65. The molecule has 0 saturated heterocycles. The molecule has 0 heterocycles. The van der Waals surface area contributed by atoms with E-state index in [1.807, 2.05) is 25.1 Å². The van der Waals surface area contributed by atoms with Crippen LogP contribution in [0.3, 0.4) is 0 Å². The van der Waals surface area contributed by atoms with Gasteiger partial charge in [0.1, 0.15) is 4.90 Å². The Morgan fingerprint density at radius 1 is 1.05 bits per heavy atom. The first-order valence-corrected chi connectivity index (χ1v) is 8.45. The number of rotatable bonds is 3. The van der Waals surface area contributed by atoms with Crippen molar-refractivity contribution >= 4 is 21.4 Å². The molecule has 0 saturated carbocycles. The Kier molecular flexibility index (Phi) is 3.37. The molecular weight excluding hydrogens is 284 g/mol. The molecule has 3 rings (SSSR count). The zero-order valence-corrected chi connectivity index (χ0v) is 12.7. The van der Waals surface area contributed by atoms with Crippen LogP contribution in [0.5, 0.6) is 0 Å². The minimum atomic E-state index is -3.65. The van der Waals surface area contributed by atoms with Gasteiger partial charge in [0.25, 0.3) is 10.0 Å². The lowest BCUT2D eigenvalue weighted by molar-refractivity contribution is 0.601. The van der Waals surface area contributed by atoms with Crippen molar-refractivity contribution in [2.45, 2.75) is 31.1 Å². The van der Waals surface area contributed by atoms with E-state index in [0.717, 1.165) is 24.8 Å². The van der Waals surface area contributed by atoms with Crippen LogP contribution in [-0.2, 0) is 22.9 Å². The molecular formula is C16H18N2O2S. The lowest BCUT2D eigenvalue weighted by Crippen LogP contribution is -2.15. The number of nitrogen functional groups attached to an aromatic ring is 1. The van der Waals surface area contributed by atoms with Crippen LogP contribution in [0.15, 0.2) is 41.3 Å². The van der Waals surface area contributed by atoms with Crippen LogP contribution in [0, 0.1) is 6.92 Å². The van der Waals surface area contributed by atoms with E-state index in [0.29, 0.717) is 5.69 Å². The van der Waals surface area contributed by atoms with Crippen molar-refractivity contribution in [3.05, 3.63) is 53.1 Å². The van der Waals surface area contributed by atoms with Crippen LogP contribution in [0.2, 0.25) is 0 Å². The smallest absolute Gasteiger partial charge is 0.263 e. The molecule has 0 bridgehead atoms. The highest BCUT2D eigenvalue weighted by Crippen LogP contribution is 2.27. The Labute approximate surface area is 125 Å². The molecule has 2 aromatic carbocycles. The summed E-state index contributed by atoms with van der Waals surface area (Å²) in [6.45, 7) is 1.88. The number of hydrogen-bond acceptors (Lipinski definition) is 3. The van der Waals surface area contributed by atoms with Gasteiger partial charge in [0, 0.05) is 5.69 Å². The van der Waals surface area contributed by atoms with Crippen molar-refractivity contribution in [2.75, 3.05) is 10.5 Å². The third-order valence-corrected chi connectivity index (χ3v) is 5.26. The number of nitrogens with two attached hydrogens (primary N) is 1. The summed E-state index contributed by atoms with van der Waals surface area (Å²) in [5, 5.41) is 0. The summed E-state index contributed by atoms with van der Waals surface area (Å²) >= 11 is 0. The van der Waals surface area contributed by atoms with Crippen LogP contribution in [0.1, 0.15) is 23.1 Å². The summed E-state index contributed by atoms with van der Waals surface area (Å²) in [5.41, 5.74) is 10.2. The molecule has 0 radical (unpaired) electrons. The minimum absolute atomic E-state index is 0.119. The monoisotopic (exact) mass is 302 g/mol. The number of hydrogen-bond donors (Lipinski definition) is 2. The van der Waals surface area contributed by atoms with Crippen LogP contribution >= 0.6 is 0 Å². The maximum absolute atomic E-state index is 12.4. The topological polar surface area (TPSA) is 72.2 Å². The number of nitrogens with one attached hydrogen (secondary N) is 1. The van der Waals surface area contributed by atoms with E-state index in [1.165, 1.54) is 11.1 Å². The van der Waals surface area contributed by atoms with Crippen molar-refractivity contribution < 1.29 is 8.42 Å². The molecule has 0 fully saturated rings. The summed E-state index contributed by atoms with van der Waals surface area (Å²) in [6.07, 6.45) is 3.22. The number of fused-ring (bicyclic) bond motifs is 1. The maximum atomic E-state index is 12.4. The number of benzene rings is 2. The SMILES string of the molecule is Cc1ccc(S(=O)(=O)Nc2ccc3c(c2)CCC3)c(N)c1. The zero-order valence-electron chi connectivity index (χ0n) is 11.9. The van der Waals surface area contributed by atoms with Crippen molar-refractivity contribution in [3.8, 4) is 0 Å². The van der Waals surface area contributed by atoms with Gasteiger partial charge in [-0.25, -0.2) is 8.42 Å². The average molecular weight is 302 g/mol. The standard InChI is InChI=1S/C16H18N2O2S/c1-11-5-8-16(15(17)9-11)21(19,20)18-14-7-6-12-3-2-4-13(12)10-14/h5-10,18H,2-4,17H2,1H3. The number of sulfonamides is 1. The van der Waals surface area contributed by atoms with E-state index < -0.39 is 10.0 Å². The molecule has 0 atom stereocenters. The molecule has 0 aliphatic heterocycles. The second-order valence-corrected chi connectivity index (χ2v) is 7.13. The quantitative estimate of drug-likeness (QED) is 0.856. The molecule has 21 heavy (non-hydrogen) atoms. The molecule has 0 spiro atoms. The fraction of sp³-hybridized carbons (Fsp3) is 0.250. The second kappa shape index (κ2) is 5.07. The summed E-state index contributed by atoms with van der Waals surface area (Å²) < 4.78 is 27.5. The highest BCUT2D eigenvalue weighted by Gasteiger charge is 2.19. The molecule has 1 aliphatic rings. The van der Waals surface area contributed by atoms with Crippen molar-refractivity contribution in [3.63, 3.8) is 0 Å². The fourth-order valence-electron chi connectivity index (χ4n) is 2.76. The lowest BCUT2D eigenvalue weighted by atomic mass is 10.1. The molecule has 4 nitrogen and oxygen atoms in total. The molecule has 0 amide bonds. The predicted octanol–water partition coefficient (Wildman–Crippen LogP) is 2.87. The second-order valence-electron chi connectivity index (χ2n) is 5.48. The Bertz CT molecular complexity index is 798. The maximum Gasteiger partial charge on any atom is 0.263 e. The van der Waals surface area contributed by atoms with Gasteiger partial charge in [-0.05, 0) is 67.1 Å². The molecule has 3 N–H and O–H groups in total. The summed E-state index contributed by atoms with van der Waals surface area (Å²) in [4.78, 5) is 0.119. The largest absolute Gasteiger partial charge is 0.398 e. The highest BCUT2D eigenvalue weighted by atomic mass is 32.2. The summed E-state index contributed by atoms with van der Waals surface area (Å²) in [6, 6.07) is 10.7. The molecule has 0 aromatic heterocycles.